The second-order valence-corrected chi connectivity index (χ2v) is 5.12. The number of benzene rings is 1. The van der Waals surface area contributed by atoms with Crippen molar-refractivity contribution in [3.8, 4) is 5.69 Å². The first-order valence-electron chi connectivity index (χ1n) is 6.54. The molecule has 1 aromatic heterocycles. The van der Waals surface area contributed by atoms with Gasteiger partial charge in [0.15, 0.2) is 0 Å². The smallest absolute Gasteiger partial charge is 0.274 e. The Morgan fingerprint density at radius 2 is 2.10 bits per heavy atom. The predicted molar refractivity (Wildman–Crippen MR) is 77.3 cm³/mol. The number of nitrogens with one attached hydrogen (secondary N) is 1. The van der Waals surface area contributed by atoms with Crippen molar-refractivity contribution in [1.82, 2.24) is 19.8 Å². The number of nitrogens with zero attached hydrogens (tertiary/aromatic N) is 3. The van der Waals surface area contributed by atoms with Gasteiger partial charge in [0.1, 0.15) is 12.0 Å². The Morgan fingerprint density at radius 1 is 1.30 bits per heavy atom. The molecule has 20 heavy (non-hydrogen) atoms. The van der Waals surface area contributed by atoms with E-state index in [-0.39, 0.29) is 5.91 Å². The van der Waals surface area contributed by atoms with Gasteiger partial charge in [0.25, 0.3) is 5.91 Å². The molecule has 1 aliphatic heterocycles. The van der Waals surface area contributed by atoms with E-state index in [0.29, 0.717) is 10.7 Å². The minimum Gasteiger partial charge on any atom is -0.335 e. The van der Waals surface area contributed by atoms with Crippen molar-refractivity contribution in [3.63, 3.8) is 0 Å². The van der Waals surface area contributed by atoms with E-state index in [9.17, 15) is 4.79 Å². The maximum Gasteiger partial charge on any atom is 0.274 e. The number of imidazole rings is 1. The van der Waals surface area contributed by atoms with Gasteiger partial charge < -0.3 is 14.8 Å². The lowest BCUT2D eigenvalue weighted by Gasteiger charge is -2.26. The van der Waals surface area contributed by atoms with E-state index in [0.717, 1.165) is 31.9 Å². The summed E-state index contributed by atoms with van der Waals surface area (Å²) in [5.41, 5.74) is 1.36. The van der Waals surface area contributed by atoms with E-state index in [4.69, 9.17) is 11.6 Å². The standard InChI is InChI=1S/C14H15ClN4O/c15-11-2-1-3-12(8-11)19-9-13(17-10-19)14(20)18-6-4-16-5-7-18/h1-3,8-10,16H,4-7H2. The van der Waals surface area contributed by atoms with Gasteiger partial charge >= 0.3 is 0 Å². The molecule has 1 fully saturated rings. The average Bonchev–Trinajstić information content (AvgIpc) is 2.97. The summed E-state index contributed by atoms with van der Waals surface area (Å²) < 4.78 is 1.81. The molecule has 0 atom stereocenters. The maximum atomic E-state index is 12.3. The van der Waals surface area contributed by atoms with E-state index in [1.165, 1.54) is 0 Å². The van der Waals surface area contributed by atoms with Gasteiger partial charge in [-0.3, -0.25) is 4.79 Å². The lowest BCUT2D eigenvalue weighted by Crippen LogP contribution is -2.46. The first-order valence-corrected chi connectivity index (χ1v) is 6.92. The Hall–Kier alpha value is -1.85. The fourth-order valence-electron chi connectivity index (χ4n) is 2.24. The Morgan fingerprint density at radius 3 is 2.85 bits per heavy atom. The van der Waals surface area contributed by atoms with Gasteiger partial charge in [-0.2, -0.15) is 0 Å². The summed E-state index contributed by atoms with van der Waals surface area (Å²) in [7, 11) is 0. The van der Waals surface area contributed by atoms with Crippen molar-refractivity contribution in [2.45, 2.75) is 0 Å². The Balaban J connectivity index is 1.81. The molecular formula is C14H15ClN4O. The van der Waals surface area contributed by atoms with Gasteiger partial charge in [-0.1, -0.05) is 17.7 Å². The average molecular weight is 291 g/mol. The normalized spacial score (nSPS) is 15.3. The third-order valence-corrected chi connectivity index (χ3v) is 3.55. The van der Waals surface area contributed by atoms with Crippen molar-refractivity contribution < 1.29 is 4.79 Å². The molecule has 0 spiro atoms. The molecule has 0 aliphatic carbocycles. The van der Waals surface area contributed by atoms with Crippen LogP contribution in [0.15, 0.2) is 36.8 Å². The molecule has 2 aromatic rings. The van der Waals surface area contributed by atoms with Gasteiger partial charge in [0, 0.05) is 43.1 Å². The SMILES string of the molecule is O=C(c1cn(-c2cccc(Cl)c2)cn1)N1CCNCC1. The monoisotopic (exact) mass is 290 g/mol. The third-order valence-electron chi connectivity index (χ3n) is 3.31. The van der Waals surface area contributed by atoms with Crippen LogP contribution in [0.1, 0.15) is 10.5 Å². The molecule has 3 rings (SSSR count). The van der Waals surface area contributed by atoms with Crippen molar-refractivity contribution in [2.75, 3.05) is 26.2 Å². The predicted octanol–water partition coefficient (Wildman–Crippen LogP) is 1.57. The van der Waals surface area contributed by atoms with Crippen LogP contribution in [0.2, 0.25) is 5.02 Å². The van der Waals surface area contributed by atoms with Gasteiger partial charge in [0.2, 0.25) is 0 Å². The highest BCUT2D eigenvalue weighted by atomic mass is 35.5. The molecule has 1 aromatic carbocycles. The molecule has 1 aliphatic rings. The summed E-state index contributed by atoms with van der Waals surface area (Å²) in [5, 5.41) is 3.88. The van der Waals surface area contributed by atoms with Crippen LogP contribution in [0.4, 0.5) is 0 Å². The first-order chi connectivity index (χ1) is 9.74. The van der Waals surface area contributed by atoms with Gasteiger partial charge in [-0.15, -0.1) is 0 Å². The molecule has 6 heteroatoms. The van der Waals surface area contributed by atoms with Gasteiger partial charge in [-0.25, -0.2) is 4.98 Å². The molecule has 0 unspecified atom stereocenters. The van der Waals surface area contributed by atoms with Crippen molar-refractivity contribution >= 4 is 17.5 Å². The maximum absolute atomic E-state index is 12.3. The molecule has 0 saturated carbocycles. The van der Waals surface area contributed by atoms with Crippen LogP contribution in [-0.4, -0.2) is 46.5 Å². The topological polar surface area (TPSA) is 50.2 Å². The van der Waals surface area contributed by atoms with E-state index in [1.807, 2.05) is 29.2 Å². The quantitative estimate of drug-likeness (QED) is 0.913. The zero-order valence-corrected chi connectivity index (χ0v) is 11.7. The van der Waals surface area contributed by atoms with Crippen molar-refractivity contribution in [1.29, 1.82) is 0 Å². The number of amides is 1. The summed E-state index contributed by atoms with van der Waals surface area (Å²) in [5.74, 6) is -0.0210. The van der Waals surface area contributed by atoms with Crippen LogP contribution in [-0.2, 0) is 0 Å². The molecule has 1 amide bonds. The van der Waals surface area contributed by atoms with Crippen LogP contribution in [0.3, 0.4) is 0 Å². The molecule has 1 N–H and O–H groups in total. The van der Waals surface area contributed by atoms with E-state index < -0.39 is 0 Å². The number of carbonyl (C=O) groups is 1. The number of hydrogen-bond donors (Lipinski definition) is 1. The van der Waals surface area contributed by atoms with Crippen LogP contribution < -0.4 is 5.32 Å². The molecule has 104 valence electrons. The van der Waals surface area contributed by atoms with Gasteiger partial charge in [0.05, 0.1) is 0 Å². The number of halogens is 1. The Kier molecular flexibility index (Phi) is 3.71. The van der Waals surface area contributed by atoms with Crippen LogP contribution in [0, 0.1) is 0 Å². The van der Waals surface area contributed by atoms with Crippen molar-refractivity contribution in [3.05, 3.63) is 47.5 Å². The Labute approximate surface area is 122 Å². The molecular weight excluding hydrogens is 276 g/mol. The van der Waals surface area contributed by atoms with Crippen molar-refractivity contribution in [2.24, 2.45) is 0 Å². The third kappa shape index (κ3) is 2.69. The Bertz CT molecular complexity index is 619. The van der Waals surface area contributed by atoms with Crippen LogP contribution in [0.25, 0.3) is 5.69 Å². The number of carbonyl (C=O) groups excluding carboxylic acids is 1. The number of piperazine rings is 1. The number of hydrogen-bond acceptors (Lipinski definition) is 3. The second-order valence-electron chi connectivity index (χ2n) is 4.69. The summed E-state index contributed by atoms with van der Waals surface area (Å²) in [6, 6.07) is 7.44. The second kappa shape index (κ2) is 5.64. The fourth-order valence-corrected chi connectivity index (χ4v) is 2.43. The minimum atomic E-state index is -0.0210. The highest BCUT2D eigenvalue weighted by Crippen LogP contribution is 2.15. The summed E-state index contributed by atoms with van der Waals surface area (Å²) in [6.45, 7) is 3.12. The largest absolute Gasteiger partial charge is 0.335 e. The lowest BCUT2D eigenvalue weighted by molar-refractivity contribution is 0.0730. The van der Waals surface area contributed by atoms with E-state index in [2.05, 4.69) is 10.3 Å². The molecule has 0 radical (unpaired) electrons. The molecule has 0 bridgehead atoms. The lowest BCUT2D eigenvalue weighted by atomic mass is 10.3. The minimum absolute atomic E-state index is 0.0210. The molecule has 1 saturated heterocycles. The summed E-state index contributed by atoms with van der Waals surface area (Å²) in [6.07, 6.45) is 3.39. The van der Waals surface area contributed by atoms with Gasteiger partial charge in [-0.05, 0) is 18.2 Å². The van der Waals surface area contributed by atoms with E-state index >= 15 is 0 Å². The molecule has 5 nitrogen and oxygen atoms in total. The molecule has 2 heterocycles. The fraction of sp³-hybridized carbons (Fsp3) is 0.286. The zero-order valence-electron chi connectivity index (χ0n) is 10.9. The highest BCUT2D eigenvalue weighted by molar-refractivity contribution is 6.30. The first kappa shape index (κ1) is 13.1. The summed E-state index contributed by atoms with van der Waals surface area (Å²) >= 11 is 5.97. The zero-order chi connectivity index (χ0) is 13.9. The van der Waals surface area contributed by atoms with Crippen LogP contribution >= 0.6 is 11.6 Å². The summed E-state index contributed by atoms with van der Waals surface area (Å²) in [4.78, 5) is 18.3. The number of aromatic nitrogens is 2. The van der Waals surface area contributed by atoms with Crippen LogP contribution in [0.5, 0.6) is 0 Å². The number of rotatable bonds is 2. The highest BCUT2D eigenvalue weighted by Gasteiger charge is 2.20. The van der Waals surface area contributed by atoms with E-state index in [1.54, 1.807) is 17.1 Å².